The summed E-state index contributed by atoms with van der Waals surface area (Å²) in [5.74, 6) is 1.75. The van der Waals surface area contributed by atoms with Crippen LogP contribution in [0.4, 0.5) is 5.82 Å². The molecule has 0 aliphatic carbocycles. The van der Waals surface area contributed by atoms with Crippen LogP contribution in [0.1, 0.15) is 5.56 Å². The number of rotatable bonds is 3. The van der Waals surface area contributed by atoms with Crippen LogP contribution in [-0.4, -0.2) is 60.7 Å². The van der Waals surface area contributed by atoms with E-state index in [9.17, 15) is 9.59 Å². The average Bonchev–Trinajstić information content (AvgIpc) is 2.73. The van der Waals surface area contributed by atoms with E-state index in [1.54, 1.807) is 13.3 Å². The molecule has 1 atom stereocenters. The lowest BCUT2D eigenvalue weighted by molar-refractivity contribution is -0.137. The fourth-order valence-corrected chi connectivity index (χ4v) is 3.68. The van der Waals surface area contributed by atoms with E-state index in [0.29, 0.717) is 50.8 Å². The SMILES string of the molecule is COc1cccc2c1OCC(C(=O)N1CCN(c3ncc[nH]c3=O)CC1)C2. The van der Waals surface area contributed by atoms with Gasteiger partial charge in [0.05, 0.1) is 13.0 Å². The Bertz CT molecular complexity index is 889. The van der Waals surface area contributed by atoms with Crippen molar-refractivity contribution >= 4 is 11.7 Å². The summed E-state index contributed by atoms with van der Waals surface area (Å²) in [6.45, 7) is 2.66. The Morgan fingerprint density at radius 3 is 2.85 bits per heavy atom. The molecular formula is C19H22N4O4. The zero-order valence-corrected chi connectivity index (χ0v) is 15.2. The molecule has 1 aromatic heterocycles. The van der Waals surface area contributed by atoms with Gasteiger partial charge in [-0.2, -0.15) is 0 Å². The van der Waals surface area contributed by atoms with Crippen molar-refractivity contribution in [3.8, 4) is 11.5 Å². The molecule has 1 aromatic carbocycles. The predicted octanol–water partition coefficient (Wildman–Crippen LogP) is 0.678. The number of ether oxygens (including phenoxy) is 2. The highest BCUT2D eigenvalue weighted by Crippen LogP contribution is 2.36. The number of H-pyrrole nitrogens is 1. The first kappa shape index (κ1) is 17.4. The molecule has 0 radical (unpaired) electrons. The molecule has 8 nitrogen and oxygen atoms in total. The quantitative estimate of drug-likeness (QED) is 0.855. The second-order valence-corrected chi connectivity index (χ2v) is 6.71. The van der Waals surface area contributed by atoms with Crippen molar-refractivity contribution in [3.05, 3.63) is 46.5 Å². The Balaban J connectivity index is 1.40. The van der Waals surface area contributed by atoms with Gasteiger partial charge in [0.1, 0.15) is 6.61 Å². The maximum absolute atomic E-state index is 12.9. The van der Waals surface area contributed by atoms with Crippen molar-refractivity contribution in [2.24, 2.45) is 5.92 Å². The Kier molecular flexibility index (Phi) is 4.70. The highest BCUT2D eigenvalue weighted by Gasteiger charge is 2.32. The highest BCUT2D eigenvalue weighted by molar-refractivity contribution is 5.80. The maximum atomic E-state index is 12.9. The number of carbonyl (C=O) groups excluding carboxylic acids is 1. The standard InChI is InChI=1S/C19H22N4O4/c1-26-15-4-2-3-13-11-14(12-27-16(13)15)19(25)23-9-7-22(8-10-23)17-18(24)21-6-5-20-17/h2-6,14H,7-12H2,1H3,(H,21,24). The van der Waals surface area contributed by atoms with Crippen LogP contribution in [-0.2, 0) is 11.2 Å². The Morgan fingerprint density at radius 1 is 1.30 bits per heavy atom. The number of anilines is 1. The number of nitrogens with zero attached hydrogens (tertiary/aromatic N) is 3. The molecule has 0 spiro atoms. The van der Waals surface area contributed by atoms with Crippen LogP contribution < -0.4 is 19.9 Å². The summed E-state index contributed by atoms with van der Waals surface area (Å²) in [7, 11) is 1.61. The molecule has 1 fully saturated rings. The van der Waals surface area contributed by atoms with Gasteiger partial charge < -0.3 is 24.3 Å². The van der Waals surface area contributed by atoms with Gasteiger partial charge in [-0.25, -0.2) is 4.98 Å². The van der Waals surface area contributed by atoms with E-state index in [1.807, 2.05) is 28.0 Å². The Hall–Kier alpha value is -3.03. The lowest BCUT2D eigenvalue weighted by atomic mass is 9.95. The van der Waals surface area contributed by atoms with Crippen LogP contribution >= 0.6 is 0 Å². The van der Waals surface area contributed by atoms with Crippen molar-refractivity contribution in [1.29, 1.82) is 0 Å². The molecule has 8 heteroatoms. The monoisotopic (exact) mass is 370 g/mol. The number of para-hydroxylation sites is 1. The van der Waals surface area contributed by atoms with Gasteiger partial charge >= 0.3 is 0 Å². The van der Waals surface area contributed by atoms with Gasteiger partial charge in [0.15, 0.2) is 17.3 Å². The first-order valence-electron chi connectivity index (χ1n) is 9.03. The number of hydrogen-bond acceptors (Lipinski definition) is 6. The van der Waals surface area contributed by atoms with Gasteiger partial charge in [0, 0.05) is 38.6 Å². The maximum Gasteiger partial charge on any atom is 0.290 e. The zero-order chi connectivity index (χ0) is 18.8. The first-order chi connectivity index (χ1) is 13.2. The number of piperazine rings is 1. The zero-order valence-electron chi connectivity index (χ0n) is 15.2. The van der Waals surface area contributed by atoms with Gasteiger partial charge in [-0.3, -0.25) is 9.59 Å². The third kappa shape index (κ3) is 3.34. The number of benzene rings is 1. The van der Waals surface area contributed by atoms with Crippen LogP contribution in [0.5, 0.6) is 11.5 Å². The average molecular weight is 370 g/mol. The molecular weight excluding hydrogens is 348 g/mol. The molecule has 2 aliphatic rings. The normalized spacial score (nSPS) is 19.2. The van der Waals surface area contributed by atoms with Crippen molar-refractivity contribution < 1.29 is 14.3 Å². The molecule has 1 unspecified atom stereocenters. The minimum Gasteiger partial charge on any atom is -0.493 e. The topological polar surface area (TPSA) is 87.8 Å². The van der Waals surface area contributed by atoms with Gasteiger partial charge in [0.2, 0.25) is 5.91 Å². The van der Waals surface area contributed by atoms with E-state index in [2.05, 4.69) is 9.97 Å². The Morgan fingerprint density at radius 2 is 2.11 bits per heavy atom. The summed E-state index contributed by atoms with van der Waals surface area (Å²) in [4.78, 5) is 35.4. The van der Waals surface area contributed by atoms with Gasteiger partial charge in [-0.1, -0.05) is 12.1 Å². The largest absolute Gasteiger partial charge is 0.493 e. The van der Waals surface area contributed by atoms with Gasteiger partial charge in [-0.15, -0.1) is 0 Å². The molecule has 1 N–H and O–H groups in total. The smallest absolute Gasteiger partial charge is 0.290 e. The number of aromatic nitrogens is 2. The molecule has 0 saturated carbocycles. The Labute approximate surface area is 156 Å². The van der Waals surface area contributed by atoms with Crippen molar-refractivity contribution in [2.75, 3.05) is 44.8 Å². The minimum absolute atomic E-state index is 0.0954. The van der Waals surface area contributed by atoms with Crippen LogP contribution in [0.3, 0.4) is 0 Å². The van der Waals surface area contributed by atoms with E-state index >= 15 is 0 Å². The molecule has 2 aromatic rings. The van der Waals surface area contributed by atoms with Crippen LogP contribution in [0.15, 0.2) is 35.4 Å². The number of aromatic amines is 1. The minimum atomic E-state index is -0.205. The summed E-state index contributed by atoms with van der Waals surface area (Å²) in [6.07, 6.45) is 3.73. The van der Waals surface area contributed by atoms with Gasteiger partial charge in [-0.05, 0) is 18.1 Å². The second-order valence-electron chi connectivity index (χ2n) is 6.71. The number of fused-ring (bicyclic) bond motifs is 1. The number of amides is 1. The van der Waals surface area contributed by atoms with Crippen LogP contribution in [0.2, 0.25) is 0 Å². The summed E-state index contributed by atoms with van der Waals surface area (Å²) >= 11 is 0. The predicted molar refractivity (Wildman–Crippen MR) is 99.3 cm³/mol. The van der Waals surface area contributed by atoms with E-state index in [-0.39, 0.29) is 17.4 Å². The summed E-state index contributed by atoms with van der Waals surface area (Å²) in [5.41, 5.74) is 0.793. The van der Waals surface area contributed by atoms with Crippen LogP contribution in [0.25, 0.3) is 0 Å². The third-order valence-electron chi connectivity index (χ3n) is 5.10. The second kappa shape index (κ2) is 7.30. The number of carbonyl (C=O) groups is 1. The van der Waals surface area contributed by atoms with E-state index in [1.165, 1.54) is 6.20 Å². The fourth-order valence-electron chi connectivity index (χ4n) is 3.68. The van der Waals surface area contributed by atoms with E-state index in [0.717, 1.165) is 11.3 Å². The molecule has 1 amide bonds. The molecule has 2 aliphatic heterocycles. The van der Waals surface area contributed by atoms with Gasteiger partial charge in [0.25, 0.3) is 5.56 Å². The lowest BCUT2D eigenvalue weighted by Crippen LogP contribution is -2.52. The summed E-state index contributed by atoms with van der Waals surface area (Å²) in [6, 6.07) is 5.75. The van der Waals surface area contributed by atoms with Crippen molar-refractivity contribution in [3.63, 3.8) is 0 Å². The highest BCUT2D eigenvalue weighted by atomic mass is 16.5. The number of methoxy groups -OCH3 is 1. The third-order valence-corrected chi connectivity index (χ3v) is 5.10. The number of nitrogens with one attached hydrogen (secondary N) is 1. The molecule has 27 heavy (non-hydrogen) atoms. The summed E-state index contributed by atoms with van der Waals surface area (Å²) < 4.78 is 11.2. The number of hydrogen-bond donors (Lipinski definition) is 1. The van der Waals surface area contributed by atoms with Crippen molar-refractivity contribution in [1.82, 2.24) is 14.9 Å². The van der Waals surface area contributed by atoms with Crippen LogP contribution in [0, 0.1) is 5.92 Å². The fraction of sp³-hybridized carbons (Fsp3) is 0.421. The van der Waals surface area contributed by atoms with E-state index in [4.69, 9.17) is 9.47 Å². The molecule has 4 rings (SSSR count). The molecule has 1 saturated heterocycles. The summed E-state index contributed by atoms with van der Waals surface area (Å²) in [5, 5.41) is 0. The molecule has 3 heterocycles. The molecule has 0 bridgehead atoms. The van der Waals surface area contributed by atoms with E-state index < -0.39 is 0 Å². The first-order valence-corrected chi connectivity index (χ1v) is 9.03. The lowest BCUT2D eigenvalue weighted by Gasteiger charge is -2.37. The van der Waals surface area contributed by atoms with Crippen molar-refractivity contribution in [2.45, 2.75) is 6.42 Å². The molecule has 142 valence electrons.